The first-order valence-electron chi connectivity index (χ1n) is 11.3. The SMILES string of the molecule is CCOc1cc(C)ccc1CN=C(NCc1nnc(C)n1C)NCC1CCCN1CC.I. The largest absolute Gasteiger partial charge is 0.494 e. The van der Waals surface area contributed by atoms with Gasteiger partial charge in [-0.15, -0.1) is 34.2 Å². The minimum atomic E-state index is 0. The second-order valence-electron chi connectivity index (χ2n) is 8.09. The third kappa shape index (κ3) is 7.06. The van der Waals surface area contributed by atoms with Crippen molar-refractivity contribution in [2.45, 2.75) is 59.7 Å². The molecule has 1 aromatic heterocycles. The Morgan fingerprint density at radius 1 is 1.22 bits per heavy atom. The van der Waals surface area contributed by atoms with Gasteiger partial charge in [0, 0.05) is 25.2 Å². The van der Waals surface area contributed by atoms with Crippen LogP contribution in [0.25, 0.3) is 0 Å². The van der Waals surface area contributed by atoms with Gasteiger partial charge in [0.2, 0.25) is 0 Å². The summed E-state index contributed by atoms with van der Waals surface area (Å²) >= 11 is 0. The van der Waals surface area contributed by atoms with Gasteiger partial charge in [-0.2, -0.15) is 0 Å². The lowest BCUT2D eigenvalue weighted by molar-refractivity contribution is 0.267. The maximum Gasteiger partial charge on any atom is 0.192 e. The van der Waals surface area contributed by atoms with E-state index in [1.807, 2.05) is 25.5 Å². The Bertz CT molecular complexity index is 883. The Balaban J connectivity index is 0.00000363. The Kier molecular flexibility index (Phi) is 10.7. The van der Waals surface area contributed by atoms with Gasteiger partial charge in [-0.3, -0.25) is 4.90 Å². The van der Waals surface area contributed by atoms with Crippen molar-refractivity contribution < 1.29 is 4.74 Å². The molecule has 1 unspecified atom stereocenters. The Morgan fingerprint density at radius 3 is 2.72 bits per heavy atom. The number of nitrogens with zero attached hydrogens (tertiary/aromatic N) is 5. The van der Waals surface area contributed by atoms with E-state index in [1.54, 1.807) is 0 Å². The third-order valence-electron chi connectivity index (χ3n) is 5.94. The number of ether oxygens (including phenoxy) is 1. The number of likely N-dealkylation sites (N-methyl/N-ethyl adjacent to an activating group) is 1. The van der Waals surface area contributed by atoms with Gasteiger partial charge in [-0.1, -0.05) is 19.1 Å². The van der Waals surface area contributed by atoms with Crippen LogP contribution in [0.2, 0.25) is 0 Å². The molecule has 1 aliphatic rings. The highest BCUT2D eigenvalue weighted by atomic mass is 127. The molecule has 0 saturated carbocycles. The molecule has 8 nitrogen and oxygen atoms in total. The van der Waals surface area contributed by atoms with Crippen LogP contribution in [-0.2, 0) is 20.1 Å². The number of rotatable bonds is 9. The highest BCUT2D eigenvalue weighted by molar-refractivity contribution is 14.0. The standard InChI is InChI=1S/C23H37N7O.HI/c1-6-30-12-8-9-20(30)15-25-23(26-16-22-28-27-18(4)29(22)5)24-14-19-11-10-17(3)13-21(19)31-7-2;/h10-11,13,20H,6-9,12,14-16H2,1-5H3,(H2,24,25,26);1H. The van der Waals surface area contributed by atoms with Crippen LogP contribution in [-0.4, -0.2) is 57.9 Å². The molecule has 1 aromatic carbocycles. The van der Waals surface area contributed by atoms with E-state index >= 15 is 0 Å². The Morgan fingerprint density at radius 2 is 2.03 bits per heavy atom. The first-order chi connectivity index (χ1) is 15.0. The highest BCUT2D eigenvalue weighted by Gasteiger charge is 2.23. The van der Waals surface area contributed by atoms with Crippen LogP contribution in [0.15, 0.2) is 23.2 Å². The van der Waals surface area contributed by atoms with E-state index in [0.717, 1.165) is 42.0 Å². The number of benzene rings is 1. The molecule has 1 fully saturated rings. The smallest absolute Gasteiger partial charge is 0.192 e. The zero-order valence-corrected chi connectivity index (χ0v) is 22.3. The number of hydrogen-bond donors (Lipinski definition) is 2. The van der Waals surface area contributed by atoms with E-state index < -0.39 is 0 Å². The summed E-state index contributed by atoms with van der Waals surface area (Å²) in [7, 11) is 1.98. The fraction of sp³-hybridized carbons (Fsp3) is 0.609. The number of guanidine groups is 1. The highest BCUT2D eigenvalue weighted by Crippen LogP contribution is 2.21. The average Bonchev–Trinajstić information content (AvgIpc) is 3.35. The minimum Gasteiger partial charge on any atom is -0.494 e. The lowest BCUT2D eigenvalue weighted by Crippen LogP contribution is -2.44. The van der Waals surface area contributed by atoms with Gasteiger partial charge in [0.05, 0.1) is 19.7 Å². The summed E-state index contributed by atoms with van der Waals surface area (Å²) in [5, 5.41) is 15.4. The molecule has 0 radical (unpaired) electrons. The summed E-state index contributed by atoms with van der Waals surface area (Å²) in [6.07, 6.45) is 2.49. The van der Waals surface area contributed by atoms with Gasteiger partial charge in [0.25, 0.3) is 0 Å². The van der Waals surface area contributed by atoms with Crippen molar-refractivity contribution in [1.82, 2.24) is 30.3 Å². The summed E-state index contributed by atoms with van der Waals surface area (Å²) < 4.78 is 7.82. The number of likely N-dealkylation sites (tertiary alicyclic amines) is 1. The first kappa shape index (κ1) is 26.4. The fourth-order valence-electron chi connectivity index (χ4n) is 3.95. The van der Waals surface area contributed by atoms with Gasteiger partial charge in [-0.25, -0.2) is 4.99 Å². The quantitative estimate of drug-likeness (QED) is 0.281. The number of nitrogens with one attached hydrogen (secondary N) is 2. The molecule has 2 heterocycles. The molecule has 1 atom stereocenters. The third-order valence-corrected chi connectivity index (χ3v) is 5.94. The number of aliphatic imine (C=N–C) groups is 1. The number of aryl methyl sites for hydroxylation is 2. The minimum absolute atomic E-state index is 0. The molecule has 2 aromatic rings. The zero-order chi connectivity index (χ0) is 22.2. The van der Waals surface area contributed by atoms with Crippen molar-refractivity contribution in [3.8, 4) is 5.75 Å². The second kappa shape index (κ2) is 13.0. The molecule has 0 bridgehead atoms. The van der Waals surface area contributed by atoms with Crippen molar-refractivity contribution in [2.24, 2.45) is 12.0 Å². The number of hydrogen-bond acceptors (Lipinski definition) is 5. The average molecular weight is 556 g/mol. The van der Waals surface area contributed by atoms with Crippen LogP contribution >= 0.6 is 24.0 Å². The molecule has 9 heteroatoms. The molecular weight excluding hydrogens is 517 g/mol. The molecule has 1 saturated heterocycles. The van der Waals surface area contributed by atoms with E-state index in [0.29, 0.717) is 25.7 Å². The van der Waals surface area contributed by atoms with Crippen LogP contribution in [0.1, 0.15) is 49.5 Å². The zero-order valence-electron chi connectivity index (χ0n) is 20.0. The van der Waals surface area contributed by atoms with Gasteiger partial charge in [0.1, 0.15) is 11.6 Å². The van der Waals surface area contributed by atoms with E-state index in [1.165, 1.54) is 24.9 Å². The molecule has 1 aliphatic heterocycles. The summed E-state index contributed by atoms with van der Waals surface area (Å²) in [6.45, 7) is 13.2. The van der Waals surface area contributed by atoms with Crippen molar-refractivity contribution in [2.75, 3.05) is 26.2 Å². The van der Waals surface area contributed by atoms with Gasteiger partial charge in [0.15, 0.2) is 11.8 Å². The lowest BCUT2D eigenvalue weighted by atomic mass is 10.1. The molecule has 0 aliphatic carbocycles. The first-order valence-corrected chi connectivity index (χ1v) is 11.3. The van der Waals surface area contributed by atoms with Gasteiger partial charge in [-0.05, 0) is 58.3 Å². The molecular formula is C23H38IN7O. The second-order valence-corrected chi connectivity index (χ2v) is 8.09. The normalized spacial score (nSPS) is 16.7. The Labute approximate surface area is 209 Å². The monoisotopic (exact) mass is 555 g/mol. The van der Waals surface area contributed by atoms with E-state index in [-0.39, 0.29) is 24.0 Å². The van der Waals surface area contributed by atoms with E-state index in [2.05, 4.69) is 57.8 Å². The molecule has 32 heavy (non-hydrogen) atoms. The van der Waals surface area contributed by atoms with Gasteiger partial charge < -0.3 is 19.9 Å². The van der Waals surface area contributed by atoms with Crippen LogP contribution < -0.4 is 15.4 Å². The molecule has 2 N–H and O–H groups in total. The Hall–Kier alpha value is -1.88. The predicted molar refractivity (Wildman–Crippen MR) is 140 cm³/mol. The maximum atomic E-state index is 5.83. The summed E-state index contributed by atoms with van der Waals surface area (Å²) in [6, 6.07) is 6.83. The van der Waals surface area contributed by atoms with Crippen molar-refractivity contribution in [3.05, 3.63) is 41.0 Å². The molecule has 0 amide bonds. The van der Waals surface area contributed by atoms with E-state index in [9.17, 15) is 0 Å². The topological polar surface area (TPSA) is 79.6 Å². The van der Waals surface area contributed by atoms with Crippen LogP contribution in [0, 0.1) is 13.8 Å². The van der Waals surface area contributed by atoms with Crippen LogP contribution in [0.5, 0.6) is 5.75 Å². The molecule has 0 spiro atoms. The van der Waals surface area contributed by atoms with Gasteiger partial charge >= 0.3 is 0 Å². The maximum absolute atomic E-state index is 5.83. The lowest BCUT2D eigenvalue weighted by Gasteiger charge is -2.24. The van der Waals surface area contributed by atoms with Crippen LogP contribution in [0.4, 0.5) is 0 Å². The number of halogens is 1. The van der Waals surface area contributed by atoms with Crippen molar-refractivity contribution in [3.63, 3.8) is 0 Å². The number of aromatic nitrogens is 3. The molecule has 178 valence electrons. The summed E-state index contributed by atoms with van der Waals surface area (Å²) in [5.41, 5.74) is 2.27. The van der Waals surface area contributed by atoms with Crippen molar-refractivity contribution >= 4 is 29.9 Å². The summed E-state index contributed by atoms with van der Waals surface area (Å²) in [5.74, 6) is 3.47. The van der Waals surface area contributed by atoms with Crippen LogP contribution in [0.3, 0.4) is 0 Å². The fourth-order valence-corrected chi connectivity index (χ4v) is 3.95. The summed E-state index contributed by atoms with van der Waals surface area (Å²) in [4.78, 5) is 7.40. The van der Waals surface area contributed by atoms with E-state index in [4.69, 9.17) is 9.73 Å². The predicted octanol–water partition coefficient (Wildman–Crippen LogP) is 3.17. The molecule has 3 rings (SSSR count). The van der Waals surface area contributed by atoms with Crippen molar-refractivity contribution in [1.29, 1.82) is 0 Å².